The van der Waals surface area contributed by atoms with E-state index in [1.807, 2.05) is 42.6 Å². The molecule has 0 saturated heterocycles. The summed E-state index contributed by atoms with van der Waals surface area (Å²) >= 11 is 0. The van der Waals surface area contributed by atoms with Crippen LogP contribution >= 0.6 is 0 Å². The standard InChI is InChI=1S/C54H56N3O.Pt/c1-50(2,3)34-27-38-39-28-35(51(4,5)6)30-43(53(10,11)12)48(39)54(47(38)42(29-34)52(7,8)9)40-24-23-37(58-36-19-16-18-33(26-36)44-21-14-15-25-55-44)31-46(40)57-32-56(13)45-22-17-20-41(54)49(45)57;/h14-25,27-30,32H,1-13H3;/q-3;. The van der Waals surface area contributed by atoms with Gasteiger partial charge >= 0.3 is 0 Å². The van der Waals surface area contributed by atoms with Crippen LogP contribution in [0.2, 0.25) is 0 Å². The van der Waals surface area contributed by atoms with Crippen LogP contribution in [0.3, 0.4) is 0 Å². The maximum absolute atomic E-state index is 6.69. The van der Waals surface area contributed by atoms with Crippen LogP contribution in [-0.4, -0.2) is 12.0 Å². The molecule has 0 fully saturated rings. The van der Waals surface area contributed by atoms with E-state index in [1.54, 1.807) is 0 Å². The Balaban J connectivity index is 0.00000484. The van der Waals surface area contributed by atoms with Crippen LogP contribution < -0.4 is 14.5 Å². The van der Waals surface area contributed by atoms with Crippen molar-refractivity contribution < 1.29 is 25.8 Å². The van der Waals surface area contributed by atoms with Crippen LogP contribution in [0.1, 0.15) is 128 Å². The molecule has 306 valence electrons. The molecule has 9 rings (SSSR count). The summed E-state index contributed by atoms with van der Waals surface area (Å²) in [5, 5.41) is 0. The van der Waals surface area contributed by atoms with E-state index in [0.29, 0.717) is 11.5 Å². The summed E-state index contributed by atoms with van der Waals surface area (Å²) in [6.45, 7) is 30.7. The van der Waals surface area contributed by atoms with Crippen LogP contribution in [0.5, 0.6) is 11.5 Å². The predicted molar refractivity (Wildman–Crippen MR) is 241 cm³/mol. The second-order valence-corrected chi connectivity index (χ2v) is 20.7. The van der Waals surface area contributed by atoms with Gasteiger partial charge in [0.1, 0.15) is 0 Å². The van der Waals surface area contributed by atoms with E-state index in [4.69, 9.17) is 4.74 Å². The third-order valence-corrected chi connectivity index (χ3v) is 12.5. The average Bonchev–Trinajstić information content (AvgIpc) is 3.65. The minimum Gasteiger partial charge on any atom is -0.504 e. The van der Waals surface area contributed by atoms with Gasteiger partial charge in [0, 0.05) is 55.6 Å². The molecule has 3 aliphatic rings. The summed E-state index contributed by atoms with van der Waals surface area (Å²) in [6.07, 6.45) is 1.81. The fourth-order valence-corrected chi connectivity index (χ4v) is 9.52. The molecule has 5 aromatic carbocycles. The van der Waals surface area contributed by atoms with Crippen LogP contribution in [-0.2, 0) is 48.1 Å². The fourth-order valence-electron chi connectivity index (χ4n) is 9.52. The van der Waals surface area contributed by atoms with Crippen molar-refractivity contribution in [3.63, 3.8) is 0 Å². The molecule has 0 bridgehead atoms. The van der Waals surface area contributed by atoms with Gasteiger partial charge in [-0.3, -0.25) is 0 Å². The van der Waals surface area contributed by atoms with E-state index in [-0.39, 0.29) is 42.7 Å². The molecule has 6 aromatic rings. The Hall–Kier alpha value is -4.66. The number of hydrogen-bond acceptors (Lipinski definition) is 4. The molecule has 0 unspecified atom stereocenters. The summed E-state index contributed by atoms with van der Waals surface area (Å²) in [7, 11) is 2.15. The summed E-state index contributed by atoms with van der Waals surface area (Å²) in [5.41, 5.74) is 17.6. The van der Waals surface area contributed by atoms with Crippen molar-refractivity contribution in [3.05, 3.63) is 161 Å². The van der Waals surface area contributed by atoms with Gasteiger partial charge in [-0.25, -0.2) is 0 Å². The van der Waals surface area contributed by atoms with Crippen molar-refractivity contribution in [2.45, 2.75) is 110 Å². The third-order valence-electron chi connectivity index (χ3n) is 12.5. The predicted octanol–water partition coefficient (Wildman–Crippen LogP) is 13.7. The molecule has 1 spiro atoms. The van der Waals surface area contributed by atoms with E-state index >= 15 is 0 Å². The van der Waals surface area contributed by atoms with Crippen molar-refractivity contribution in [3.8, 4) is 33.9 Å². The van der Waals surface area contributed by atoms with Gasteiger partial charge in [-0.2, -0.15) is 12.7 Å². The molecule has 0 atom stereocenters. The van der Waals surface area contributed by atoms with E-state index < -0.39 is 5.41 Å². The monoisotopic (exact) mass is 957 g/mol. The van der Waals surface area contributed by atoms with Crippen molar-refractivity contribution in [2.24, 2.45) is 0 Å². The zero-order valence-corrected chi connectivity index (χ0v) is 39.2. The molecular formula is C54H56N3OPt-3. The van der Waals surface area contributed by atoms with Crippen LogP contribution in [0.4, 0.5) is 17.1 Å². The molecule has 4 nitrogen and oxygen atoms in total. The normalized spacial score (nSPS) is 15.1. The van der Waals surface area contributed by atoms with Crippen LogP contribution in [0.15, 0.2) is 97.2 Å². The molecule has 3 heterocycles. The third kappa shape index (κ3) is 6.39. The van der Waals surface area contributed by atoms with E-state index in [9.17, 15) is 0 Å². The SMILES string of the molecule is CN1[CH-]N2c3[c-]c(Oc4[c-]c(-c5ccccn5)ccc4)ccc3C3(c4cccc1c42)c1c(cc(C(C)(C)C)cc1C(C)(C)C)-c1cc(C(C)(C)C)cc(C(C)(C)C)c13.[Pt]. The molecule has 2 aliphatic heterocycles. The number of rotatable bonds is 3. The molecule has 0 N–H and O–H groups in total. The van der Waals surface area contributed by atoms with Gasteiger partial charge in [-0.1, -0.05) is 143 Å². The fraction of sp³-hybridized carbons (Fsp3) is 0.333. The van der Waals surface area contributed by atoms with Gasteiger partial charge in [0.25, 0.3) is 0 Å². The molecule has 1 aliphatic carbocycles. The molecule has 59 heavy (non-hydrogen) atoms. The Bertz CT molecular complexity index is 2550. The van der Waals surface area contributed by atoms with Crippen LogP contribution in [0, 0.1) is 18.8 Å². The van der Waals surface area contributed by atoms with E-state index in [1.165, 1.54) is 67.0 Å². The summed E-state index contributed by atoms with van der Waals surface area (Å²) < 4.78 is 6.69. The Morgan fingerprint density at radius 2 is 1.20 bits per heavy atom. The number of anilines is 3. The number of nitrogens with zero attached hydrogens (tertiary/aromatic N) is 3. The number of ether oxygens (including phenoxy) is 1. The topological polar surface area (TPSA) is 28.6 Å². The van der Waals surface area contributed by atoms with Crippen molar-refractivity contribution in [1.29, 1.82) is 0 Å². The van der Waals surface area contributed by atoms with Crippen LogP contribution in [0.25, 0.3) is 22.4 Å². The number of pyridine rings is 1. The van der Waals surface area contributed by atoms with Gasteiger partial charge < -0.3 is 19.5 Å². The summed E-state index contributed by atoms with van der Waals surface area (Å²) in [6, 6.07) is 40.8. The average molecular weight is 958 g/mol. The maximum atomic E-state index is 6.69. The largest absolute Gasteiger partial charge is 0.504 e. The smallest absolute Gasteiger partial charge is 0.0421 e. The van der Waals surface area contributed by atoms with Crippen molar-refractivity contribution in [1.82, 2.24) is 4.98 Å². The quantitative estimate of drug-likeness (QED) is 0.165. The van der Waals surface area contributed by atoms with E-state index in [2.05, 4.69) is 178 Å². The second-order valence-electron chi connectivity index (χ2n) is 20.7. The molecular weight excluding hydrogens is 902 g/mol. The number of aromatic nitrogens is 1. The van der Waals surface area contributed by atoms with Gasteiger partial charge in [0.15, 0.2) is 0 Å². The van der Waals surface area contributed by atoms with E-state index in [0.717, 1.165) is 16.9 Å². The summed E-state index contributed by atoms with van der Waals surface area (Å²) in [5.74, 6) is 1.27. The molecule has 0 saturated carbocycles. The summed E-state index contributed by atoms with van der Waals surface area (Å²) in [4.78, 5) is 9.17. The Morgan fingerprint density at radius 1 is 0.610 bits per heavy atom. The minimum absolute atomic E-state index is 0. The minimum atomic E-state index is -0.640. The Labute approximate surface area is 367 Å². The number of hydrogen-bond donors (Lipinski definition) is 0. The number of benzene rings is 5. The second kappa shape index (κ2) is 13.7. The van der Waals surface area contributed by atoms with Gasteiger partial charge in [0.05, 0.1) is 0 Å². The first-order valence-electron chi connectivity index (χ1n) is 20.8. The Morgan fingerprint density at radius 3 is 1.76 bits per heavy atom. The molecule has 0 amide bonds. The van der Waals surface area contributed by atoms with Gasteiger partial charge in [0.2, 0.25) is 0 Å². The Kier molecular flexibility index (Phi) is 9.53. The number of para-hydroxylation sites is 1. The zero-order valence-electron chi connectivity index (χ0n) is 36.9. The van der Waals surface area contributed by atoms with Crippen molar-refractivity contribution >= 4 is 17.1 Å². The molecule has 5 heteroatoms. The molecule has 1 aromatic heterocycles. The van der Waals surface area contributed by atoms with Crippen molar-refractivity contribution in [2.75, 3.05) is 16.8 Å². The first-order valence-corrected chi connectivity index (χ1v) is 20.8. The zero-order chi connectivity index (χ0) is 41.3. The van der Waals surface area contributed by atoms with Gasteiger partial charge in [-0.15, -0.1) is 41.5 Å². The first-order chi connectivity index (χ1) is 27.2. The maximum Gasteiger partial charge on any atom is 0.0421 e. The molecule has 0 radical (unpaired) electrons. The van der Waals surface area contributed by atoms with Gasteiger partial charge in [-0.05, 0) is 96.6 Å². The first kappa shape index (κ1) is 41.1. The number of fused-ring (bicyclic) bond motifs is 9.